The van der Waals surface area contributed by atoms with E-state index in [-0.39, 0.29) is 5.91 Å². The van der Waals surface area contributed by atoms with Crippen molar-refractivity contribution >= 4 is 44.7 Å². The summed E-state index contributed by atoms with van der Waals surface area (Å²) in [5, 5.41) is 12.9. The third-order valence-electron chi connectivity index (χ3n) is 5.96. The van der Waals surface area contributed by atoms with Crippen molar-refractivity contribution in [3.63, 3.8) is 0 Å². The van der Waals surface area contributed by atoms with Gasteiger partial charge >= 0.3 is 0 Å². The van der Waals surface area contributed by atoms with E-state index in [0.29, 0.717) is 17.2 Å². The zero-order valence-corrected chi connectivity index (χ0v) is 19.9. The number of likely N-dealkylation sites (tertiary alicyclic amines) is 1. The minimum Gasteiger partial charge on any atom is -0.298 e. The molecule has 1 N–H and O–H groups in total. The molecule has 0 atom stereocenters. The molecule has 0 unspecified atom stereocenters. The van der Waals surface area contributed by atoms with Crippen LogP contribution in [0.3, 0.4) is 0 Å². The van der Waals surface area contributed by atoms with Crippen LogP contribution in [0, 0.1) is 5.92 Å². The molecule has 0 aliphatic carbocycles. The Balaban J connectivity index is 1.38. The van der Waals surface area contributed by atoms with E-state index >= 15 is 0 Å². The van der Waals surface area contributed by atoms with Crippen molar-refractivity contribution in [1.29, 1.82) is 0 Å². The second-order valence-corrected chi connectivity index (χ2v) is 10.1. The average Bonchev–Trinajstić information content (AvgIpc) is 3.55. The van der Waals surface area contributed by atoms with E-state index < -0.39 is 0 Å². The summed E-state index contributed by atoms with van der Waals surface area (Å²) in [6, 6.07) is 5.86. The highest BCUT2D eigenvalue weighted by molar-refractivity contribution is 7.14. The molecule has 0 bridgehead atoms. The van der Waals surface area contributed by atoms with Crippen molar-refractivity contribution in [2.45, 2.75) is 39.8 Å². The molecule has 1 aliphatic heterocycles. The van der Waals surface area contributed by atoms with Crippen LogP contribution in [0.2, 0.25) is 0 Å². The van der Waals surface area contributed by atoms with Gasteiger partial charge in [-0.2, -0.15) is 5.10 Å². The Hall–Kier alpha value is -2.62. The molecular weight excluding hydrogens is 440 g/mol. The Bertz CT molecular complexity index is 1220. The zero-order chi connectivity index (χ0) is 22.1. The number of pyridine rings is 1. The van der Waals surface area contributed by atoms with Crippen LogP contribution in [-0.4, -0.2) is 43.6 Å². The van der Waals surface area contributed by atoms with E-state index in [1.807, 2.05) is 40.6 Å². The first-order valence-electron chi connectivity index (χ1n) is 11.0. The fourth-order valence-electron chi connectivity index (χ4n) is 4.07. The summed E-state index contributed by atoms with van der Waals surface area (Å²) in [4.78, 5) is 26.2. The van der Waals surface area contributed by atoms with Crippen molar-refractivity contribution in [3.8, 4) is 10.6 Å². The molecule has 4 aromatic rings. The summed E-state index contributed by atoms with van der Waals surface area (Å²) in [5.74, 6) is 0.628. The molecule has 166 valence electrons. The lowest BCUT2D eigenvalue weighted by molar-refractivity contribution is 0.102. The number of carbonyl (C=O) groups excluding carboxylic acids is 1. The van der Waals surface area contributed by atoms with Gasteiger partial charge in [-0.25, -0.2) is 14.6 Å². The number of aryl methyl sites for hydroxylation is 1. The Labute approximate surface area is 195 Å². The van der Waals surface area contributed by atoms with E-state index in [0.717, 1.165) is 52.9 Å². The monoisotopic (exact) mass is 466 g/mol. The second-order valence-electron chi connectivity index (χ2n) is 8.29. The number of nitrogens with one attached hydrogen (secondary N) is 1. The summed E-state index contributed by atoms with van der Waals surface area (Å²) in [6.07, 6.45) is 4.21. The number of hydrogen-bond donors (Lipinski definition) is 1. The molecule has 7 nitrogen and oxygen atoms in total. The summed E-state index contributed by atoms with van der Waals surface area (Å²) in [7, 11) is 0. The van der Waals surface area contributed by atoms with E-state index in [1.165, 1.54) is 24.2 Å². The maximum absolute atomic E-state index is 13.3. The van der Waals surface area contributed by atoms with E-state index in [1.54, 1.807) is 17.5 Å². The lowest BCUT2D eigenvalue weighted by Crippen LogP contribution is -2.32. The summed E-state index contributed by atoms with van der Waals surface area (Å²) >= 11 is 3.08. The van der Waals surface area contributed by atoms with Crippen molar-refractivity contribution in [2.24, 2.45) is 5.92 Å². The summed E-state index contributed by atoms with van der Waals surface area (Å²) in [6.45, 7) is 8.09. The lowest BCUT2D eigenvalue weighted by Gasteiger charge is -2.29. The third-order valence-corrected chi connectivity index (χ3v) is 7.66. The molecule has 9 heteroatoms. The van der Waals surface area contributed by atoms with Gasteiger partial charge in [0.2, 0.25) is 0 Å². The molecule has 1 aliphatic rings. The number of hydrogen-bond acceptors (Lipinski definition) is 7. The first-order chi connectivity index (χ1) is 15.6. The molecule has 5 heterocycles. The first kappa shape index (κ1) is 21.2. The molecule has 1 saturated heterocycles. The van der Waals surface area contributed by atoms with Crippen LogP contribution in [0.1, 0.15) is 42.7 Å². The molecule has 5 rings (SSSR count). The van der Waals surface area contributed by atoms with Crippen LogP contribution >= 0.6 is 22.7 Å². The van der Waals surface area contributed by atoms with Gasteiger partial charge in [-0.3, -0.25) is 15.0 Å². The molecular formula is C23H26N6OS2. The number of fused-ring (bicyclic) bond motifs is 1. The zero-order valence-electron chi connectivity index (χ0n) is 18.2. The van der Waals surface area contributed by atoms with Gasteiger partial charge in [-0.15, -0.1) is 22.7 Å². The van der Waals surface area contributed by atoms with Crippen molar-refractivity contribution in [3.05, 3.63) is 46.4 Å². The van der Waals surface area contributed by atoms with E-state index in [2.05, 4.69) is 27.2 Å². The minimum absolute atomic E-state index is 0.182. The van der Waals surface area contributed by atoms with Gasteiger partial charge in [-0.1, -0.05) is 13.0 Å². The predicted molar refractivity (Wildman–Crippen MR) is 130 cm³/mol. The maximum atomic E-state index is 13.3. The van der Waals surface area contributed by atoms with Gasteiger partial charge in [0.25, 0.3) is 5.91 Å². The van der Waals surface area contributed by atoms with Crippen LogP contribution in [0.15, 0.2) is 35.2 Å². The van der Waals surface area contributed by atoms with E-state index in [4.69, 9.17) is 4.98 Å². The van der Waals surface area contributed by atoms with E-state index in [9.17, 15) is 4.79 Å². The molecule has 0 spiro atoms. The van der Waals surface area contributed by atoms with Gasteiger partial charge < -0.3 is 0 Å². The third kappa shape index (κ3) is 4.32. The predicted octanol–water partition coefficient (Wildman–Crippen LogP) is 5.12. The number of thiazole rings is 1. The van der Waals surface area contributed by atoms with Gasteiger partial charge in [0.05, 0.1) is 33.4 Å². The van der Waals surface area contributed by atoms with Gasteiger partial charge in [0, 0.05) is 18.5 Å². The van der Waals surface area contributed by atoms with Crippen LogP contribution in [0.4, 0.5) is 5.13 Å². The van der Waals surface area contributed by atoms with Gasteiger partial charge in [-0.05, 0) is 56.3 Å². The highest BCUT2D eigenvalue weighted by atomic mass is 32.1. The average molecular weight is 467 g/mol. The van der Waals surface area contributed by atoms with Gasteiger partial charge in [0.1, 0.15) is 0 Å². The highest BCUT2D eigenvalue weighted by Crippen LogP contribution is 2.29. The van der Waals surface area contributed by atoms with Crippen molar-refractivity contribution in [1.82, 2.24) is 24.6 Å². The lowest BCUT2D eigenvalue weighted by atomic mass is 9.99. The van der Waals surface area contributed by atoms with Crippen LogP contribution in [-0.2, 0) is 13.1 Å². The van der Waals surface area contributed by atoms with Crippen molar-refractivity contribution < 1.29 is 4.79 Å². The number of aromatic nitrogens is 4. The molecule has 32 heavy (non-hydrogen) atoms. The number of carbonyl (C=O) groups is 1. The summed E-state index contributed by atoms with van der Waals surface area (Å²) < 4.78 is 1.82. The Morgan fingerprint density at radius 2 is 2.09 bits per heavy atom. The quantitative estimate of drug-likeness (QED) is 0.427. The fourth-order valence-corrected chi connectivity index (χ4v) is 5.45. The molecule has 0 aromatic carbocycles. The van der Waals surface area contributed by atoms with Crippen LogP contribution in [0.5, 0.6) is 0 Å². The first-order valence-corrected chi connectivity index (χ1v) is 12.7. The minimum atomic E-state index is -0.182. The number of rotatable bonds is 6. The number of anilines is 1. The number of amides is 1. The topological polar surface area (TPSA) is 75.9 Å². The Morgan fingerprint density at radius 3 is 2.84 bits per heavy atom. The van der Waals surface area contributed by atoms with Crippen LogP contribution < -0.4 is 5.32 Å². The molecule has 1 fully saturated rings. The van der Waals surface area contributed by atoms with Gasteiger partial charge in [0.15, 0.2) is 10.8 Å². The molecule has 1 amide bonds. The number of piperidine rings is 1. The Kier molecular flexibility index (Phi) is 6.03. The smallest absolute Gasteiger partial charge is 0.258 e. The fraction of sp³-hybridized carbons (Fsp3) is 0.391. The molecule has 0 saturated carbocycles. The van der Waals surface area contributed by atoms with Crippen LogP contribution in [0.25, 0.3) is 21.6 Å². The largest absolute Gasteiger partial charge is 0.298 e. The number of thiophene rings is 1. The normalized spacial score (nSPS) is 15.4. The second kappa shape index (κ2) is 9.09. The summed E-state index contributed by atoms with van der Waals surface area (Å²) in [5.41, 5.74) is 3.09. The number of nitrogens with zero attached hydrogens (tertiary/aromatic N) is 5. The maximum Gasteiger partial charge on any atom is 0.258 e. The Morgan fingerprint density at radius 1 is 1.25 bits per heavy atom. The molecule has 0 radical (unpaired) electrons. The highest BCUT2D eigenvalue weighted by Gasteiger charge is 2.20. The van der Waals surface area contributed by atoms with Crippen molar-refractivity contribution in [2.75, 3.05) is 18.4 Å². The molecule has 4 aromatic heterocycles. The standard InChI is InChI=1S/C23H26N6OS2/c1-3-29-21-18(12-24-29)17(11-19(26-21)20-5-4-10-31-20)22(30)27-23-25-16(14-32-23)13-28-8-6-15(2)7-9-28/h4-5,10-12,14-15H,3,6-9,13H2,1-2H3,(H,25,27,30). The SMILES string of the molecule is CCn1ncc2c(C(=O)Nc3nc(CN4CCC(C)CC4)cs3)cc(-c3cccs3)nc21.